The van der Waals surface area contributed by atoms with Crippen molar-refractivity contribution in [1.29, 1.82) is 0 Å². The summed E-state index contributed by atoms with van der Waals surface area (Å²) in [4.78, 5) is 8.78. The maximum Gasteiger partial charge on any atom is 0.240 e. The molecule has 4 N–H and O–H groups in total. The minimum absolute atomic E-state index is 0.0574. The Balaban J connectivity index is 2.03. The van der Waals surface area contributed by atoms with Crippen molar-refractivity contribution in [2.45, 2.75) is 31.3 Å². The predicted molar refractivity (Wildman–Crippen MR) is 108 cm³/mol. The van der Waals surface area contributed by atoms with Gasteiger partial charge in [-0.05, 0) is 38.5 Å². The third kappa shape index (κ3) is 4.75. The van der Waals surface area contributed by atoms with E-state index < -0.39 is 15.6 Å². The van der Waals surface area contributed by atoms with Gasteiger partial charge in [-0.3, -0.25) is 4.68 Å². The van der Waals surface area contributed by atoms with Crippen molar-refractivity contribution < 1.29 is 13.5 Å². The van der Waals surface area contributed by atoms with E-state index in [9.17, 15) is 13.5 Å². The molecule has 0 fully saturated rings. The highest BCUT2D eigenvalue weighted by Crippen LogP contribution is 2.28. The van der Waals surface area contributed by atoms with Gasteiger partial charge >= 0.3 is 0 Å². The lowest BCUT2D eigenvalue weighted by molar-refractivity contribution is 0.0857. The van der Waals surface area contributed by atoms with E-state index in [0.717, 1.165) is 5.56 Å². The fraction of sp³-hybridized carbons (Fsp3) is 0.333. The number of nitrogens with two attached hydrogens (primary N) is 1. The third-order valence-electron chi connectivity index (χ3n) is 4.14. The van der Waals surface area contributed by atoms with Gasteiger partial charge in [0.05, 0.1) is 28.6 Å². The van der Waals surface area contributed by atoms with Crippen molar-refractivity contribution in [3.05, 3.63) is 36.2 Å². The molecule has 0 saturated heterocycles. The summed E-state index contributed by atoms with van der Waals surface area (Å²) in [7, 11) is -2.09. The van der Waals surface area contributed by atoms with Crippen molar-refractivity contribution in [2.24, 2.45) is 7.05 Å². The topological polar surface area (TPSA) is 149 Å². The molecular formula is C18H23N7O3S. The SMILES string of the molecule is Cc1ccc(S(=O)(=O)NCC(C)(C)O)cc1-c1cnc(N)c(-c2cn(C)nn2)n1. The second-order valence-electron chi connectivity index (χ2n) is 7.38. The Morgan fingerprint density at radius 2 is 2.00 bits per heavy atom. The van der Waals surface area contributed by atoms with Gasteiger partial charge in [-0.1, -0.05) is 11.3 Å². The van der Waals surface area contributed by atoms with Crippen LogP contribution in [0.2, 0.25) is 0 Å². The molecule has 0 amide bonds. The molecular weight excluding hydrogens is 394 g/mol. The van der Waals surface area contributed by atoms with Crippen molar-refractivity contribution in [3.8, 4) is 22.6 Å². The smallest absolute Gasteiger partial charge is 0.240 e. The van der Waals surface area contributed by atoms with Gasteiger partial charge in [-0.25, -0.2) is 23.1 Å². The van der Waals surface area contributed by atoms with Crippen LogP contribution in [0, 0.1) is 6.92 Å². The molecule has 29 heavy (non-hydrogen) atoms. The van der Waals surface area contributed by atoms with E-state index in [1.54, 1.807) is 19.3 Å². The Bertz CT molecular complexity index is 1150. The van der Waals surface area contributed by atoms with Gasteiger partial charge in [0.25, 0.3) is 0 Å². The zero-order chi connectivity index (χ0) is 21.4. The molecule has 11 heteroatoms. The van der Waals surface area contributed by atoms with Crippen LogP contribution in [-0.4, -0.2) is 50.6 Å². The monoisotopic (exact) mass is 417 g/mol. The van der Waals surface area contributed by atoms with Crippen molar-refractivity contribution >= 4 is 15.8 Å². The second kappa shape index (κ2) is 7.50. The molecule has 0 aliphatic rings. The average Bonchev–Trinajstić information content (AvgIpc) is 3.06. The molecule has 2 aromatic heterocycles. The summed E-state index contributed by atoms with van der Waals surface area (Å²) in [5, 5.41) is 17.7. The van der Waals surface area contributed by atoms with E-state index in [4.69, 9.17) is 5.73 Å². The quantitative estimate of drug-likeness (QED) is 0.535. The summed E-state index contributed by atoms with van der Waals surface area (Å²) in [6.07, 6.45) is 3.15. The van der Waals surface area contributed by atoms with Crippen LogP contribution in [0.4, 0.5) is 5.82 Å². The highest BCUT2D eigenvalue weighted by Gasteiger charge is 2.21. The standard InChI is InChI=1S/C18H23N7O3S/c1-11-5-6-12(29(27,28)21-10-18(2,3)26)7-13(11)14-8-20-17(19)16(22-14)15-9-25(4)24-23-15/h5-9,21,26H,10H2,1-4H3,(H2,19,20). The lowest BCUT2D eigenvalue weighted by atomic mass is 10.1. The summed E-state index contributed by atoms with van der Waals surface area (Å²) in [6.45, 7) is 4.77. The molecule has 0 aliphatic heterocycles. The zero-order valence-electron chi connectivity index (χ0n) is 16.6. The van der Waals surface area contributed by atoms with Crippen LogP contribution < -0.4 is 10.5 Å². The predicted octanol–water partition coefficient (Wildman–Crippen LogP) is 0.879. The number of aromatic nitrogens is 5. The highest BCUT2D eigenvalue weighted by molar-refractivity contribution is 7.89. The first-order chi connectivity index (χ1) is 13.5. The highest BCUT2D eigenvalue weighted by atomic mass is 32.2. The molecule has 10 nitrogen and oxygen atoms in total. The van der Waals surface area contributed by atoms with Gasteiger partial charge in [0.2, 0.25) is 10.0 Å². The number of hydrogen-bond acceptors (Lipinski definition) is 8. The minimum atomic E-state index is -3.82. The maximum absolute atomic E-state index is 12.6. The van der Waals surface area contributed by atoms with E-state index in [0.29, 0.717) is 22.6 Å². The van der Waals surface area contributed by atoms with Crippen molar-refractivity contribution in [3.63, 3.8) is 0 Å². The molecule has 0 unspecified atom stereocenters. The molecule has 0 bridgehead atoms. The van der Waals surface area contributed by atoms with Crippen LogP contribution >= 0.6 is 0 Å². The van der Waals surface area contributed by atoms with Crippen LogP contribution in [-0.2, 0) is 17.1 Å². The average molecular weight is 417 g/mol. The van der Waals surface area contributed by atoms with Crippen molar-refractivity contribution in [1.82, 2.24) is 29.7 Å². The summed E-state index contributed by atoms with van der Waals surface area (Å²) >= 11 is 0. The summed E-state index contributed by atoms with van der Waals surface area (Å²) in [6, 6.07) is 4.70. The van der Waals surface area contributed by atoms with Crippen LogP contribution in [0.25, 0.3) is 22.6 Å². The fourth-order valence-corrected chi connectivity index (χ4v) is 3.80. The number of hydrogen-bond donors (Lipinski definition) is 3. The van der Waals surface area contributed by atoms with Crippen LogP contribution in [0.1, 0.15) is 19.4 Å². The van der Waals surface area contributed by atoms with Crippen LogP contribution in [0.5, 0.6) is 0 Å². The van der Waals surface area contributed by atoms with E-state index in [-0.39, 0.29) is 17.3 Å². The number of nitrogens with one attached hydrogen (secondary N) is 1. The molecule has 154 valence electrons. The third-order valence-corrected chi connectivity index (χ3v) is 5.54. The molecule has 0 aliphatic carbocycles. The molecule has 0 radical (unpaired) electrons. The molecule has 0 saturated carbocycles. The molecule has 2 heterocycles. The number of rotatable bonds is 6. The number of aryl methyl sites for hydroxylation is 2. The lowest BCUT2D eigenvalue weighted by Crippen LogP contribution is -2.38. The largest absolute Gasteiger partial charge is 0.389 e. The summed E-state index contributed by atoms with van der Waals surface area (Å²) in [5.41, 5.74) is 7.47. The first kappa shape index (κ1) is 20.8. The first-order valence-electron chi connectivity index (χ1n) is 8.78. The van der Waals surface area contributed by atoms with Crippen LogP contribution in [0.3, 0.4) is 0 Å². The fourth-order valence-electron chi connectivity index (χ4n) is 2.57. The van der Waals surface area contributed by atoms with Gasteiger partial charge in [-0.15, -0.1) is 5.10 Å². The van der Waals surface area contributed by atoms with Crippen molar-refractivity contribution in [2.75, 3.05) is 12.3 Å². The number of nitrogen functional groups attached to an aromatic ring is 1. The van der Waals surface area contributed by atoms with E-state index in [2.05, 4.69) is 25.0 Å². The Kier molecular flexibility index (Phi) is 5.39. The Labute approximate surface area is 168 Å². The molecule has 3 rings (SSSR count). The van der Waals surface area contributed by atoms with Gasteiger partial charge < -0.3 is 10.8 Å². The van der Waals surface area contributed by atoms with Gasteiger partial charge in [0, 0.05) is 19.2 Å². The maximum atomic E-state index is 12.6. The summed E-state index contributed by atoms with van der Waals surface area (Å²) < 4.78 is 29.2. The second-order valence-corrected chi connectivity index (χ2v) is 9.15. The minimum Gasteiger partial charge on any atom is -0.389 e. The molecule has 0 spiro atoms. The normalized spacial score (nSPS) is 12.3. The Morgan fingerprint density at radius 1 is 1.28 bits per heavy atom. The van der Waals surface area contributed by atoms with Gasteiger partial charge in [0.15, 0.2) is 5.82 Å². The Morgan fingerprint density at radius 3 is 2.62 bits per heavy atom. The molecule has 3 aromatic rings. The number of sulfonamides is 1. The number of anilines is 1. The Hall–Kier alpha value is -2.89. The van der Waals surface area contributed by atoms with Gasteiger partial charge in [-0.2, -0.15) is 0 Å². The summed E-state index contributed by atoms with van der Waals surface area (Å²) in [5.74, 6) is 0.197. The van der Waals surface area contributed by atoms with E-state index in [1.807, 2.05) is 6.92 Å². The zero-order valence-corrected chi connectivity index (χ0v) is 17.4. The number of aliphatic hydroxyl groups is 1. The number of benzene rings is 1. The van der Waals surface area contributed by atoms with E-state index >= 15 is 0 Å². The molecule has 0 atom stereocenters. The first-order valence-corrected chi connectivity index (χ1v) is 10.3. The lowest BCUT2D eigenvalue weighted by Gasteiger charge is -2.18. The van der Waals surface area contributed by atoms with E-state index in [1.165, 1.54) is 36.9 Å². The number of nitrogens with zero attached hydrogens (tertiary/aromatic N) is 5. The molecule has 1 aromatic carbocycles. The van der Waals surface area contributed by atoms with Crippen LogP contribution in [0.15, 0.2) is 35.5 Å². The van der Waals surface area contributed by atoms with Gasteiger partial charge in [0.1, 0.15) is 11.4 Å².